The highest BCUT2D eigenvalue weighted by atomic mass is 28.3. The summed E-state index contributed by atoms with van der Waals surface area (Å²) in [5.74, 6) is 3.18. The zero-order valence-corrected chi connectivity index (χ0v) is 11.5. The Labute approximate surface area is 99.5 Å². The molecule has 2 atom stereocenters. The van der Waals surface area contributed by atoms with Crippen LogP contribution in [-0.4, -0.2) is 13.2 Å². The molecular weight excluding hydrogens is 212 g/mol. The lowest BCUT2D eigenvalue weighted by Gasteiger charge is -2.14. The van der Waals surface area contributed by atoms with Gasteiger partial charge in [-0.1, -0.05) is 50.0 Å². The smallest absolute Gasteiger partial charge is 0.129 e. The first-order valence-corrected chi connectivity index (χ1v) is 9.16. The summed E-state index contributed by atoms with van der Waals surface area (Å²) in [6, 6.07) is 9.72. The molecular formula is C14H20OSi. The highest BCUT2D eigenvalue weighted by Crippen LogP contribution is 2.20. The van der Waals surface area contributed by atoms with Crippen molar-refractivity contribution < 1.29 is 5.11 Å². The molecule has 2 unspecified atom stereocenters. The van der Waals surface area contributed by atoms with Crippen LogP contribution < -0.4 is 0 Å². The number of aliphatic hydroxyl groups excluding tert-OH is 1. The van der Waals surface area contributed by atoms with Crippen LogP contribution in [0.25, 0.3) is 0 Å². The first-order chi connectivity index (χ1) is 7.40. The Morgan fingerprint density at radius 2 is 1.69 bits per heavy atom. The van der Waals surface area contributed by atoms with Crippen molar-refractivity contribution in [2.45, 2.75) is 32.7 Å². The first-order valence-electron chi connectivity index (χ1n) is 5.66. The van der Waals surface area contributed by atoms with Crippen molar-refractivity contribution in [1.29, 1.82) is 0 Å². The SMILES string of the molecule is CC(C#C[Si](C)(C)C)C(O)c1ccccc1. The molecule has 0 fully saturated rings. The zero-order chi connectivity index (χ0) is 12.2. The van der Waals surface area contributed by atoms with Gasteiger partial charge in [0.05, 0.1) is 6.10 Å². The van der Waals surface area contributed by atoms with Gasteiger partial charge in [-0.2, -0.15) is 0 Å². The van der Waals surface area contributed by atoms with E-state index in [-0.39, 0.29) is 5.92 Å². The van der Waals surface area contributed by atoms with E-state index in [1.54, 1.807) is 0 Å². The summed E-state index contributed by atoms with van der Waals surface area (Å²) in [6.07, 6.45) is -0.481. The minimum absolute atomic E-state index is 0.00544. The van der Waals surface area contributed by atoms with E-state index in [0.29, 0.717) is 0 Å². The van der Waals surface area contributed by atoms with Gasteiger partial charge in [-0.05, 0) is 12.5 Å². The van der Waals surface area contributed by atoms with Crippen LogP contribution >= 0.6 is 0 Å². The molecule has 0 saturated carbocycles. The third kappa shape index (κ3) is 4.22. The molecule has 0 spiro atoms. The second-order valence-electron chi connectivity index (χ2n) is 5.16. The van der Waals surface area contributed by atoms with Gasteiger partial charge in [0.25, 0.3) is 0 Å². The molecule has 0 aliphatic heterocycles. The third-order valence-corrected chi connectivity index (χ3v) is 3.18. The molecule has 0 bridgehead atoms. The molecule has 1 aromatic rings. The van der Waals surface area contributed by atoms with Crippen molar-refractivity contribution in [3.8, 4) is 11.5 Å². The largest absolute Gasteiger partial charge is 0.387 e. The molecule has 0 heterocycles. The Balaban J connectivity index is 2.75. The zero-order valence-electron chi connectivity index (χ0n) is 10.5. The van der Waals surface area contributed by atoms with Crippen LogP contribution in [0.3, 0.4) is 0 Å². The van der Waals surface area contributed by atoms with Crippen LogP contribution in [0.15, 0.2) is 30.3 Å². The topological polar surface area (TPSA) is 20.2 Å². The Morgan fingerprint density at radius 1 is 1.12 bits per heavy atom. The van der Waals surface area contributed by atoms with E-state index in [0.717, 1.165) is 5.56 Å². The molecule has 1 aromatic carbocycles. The van der Waals surface area contributed by atoms with Gasteiger partial charge in [-0.25, -0.2) is 0 Å². The molecule has 0 amide bonds. The fraction of sp³-hybridized carbons (Fsp3) is 0.429. The maximum absolute atomic E-state index is 10.1. The number of benzene rings is 1. The van der Waals surface area contributed by atoms with E-state index in [1.807, 2.05) is 37.3 Å². The predicted octanol–water partition coefficient (Wildman–Crippen LogP) is 3.24. The Hall–Kier alpha value is -1.04. The number of hydrogen-bond donors (Lipinski definition) is 1. The molecule has 16 heavy (non-hydrogen) atoms. The van der Waals surface area contributed by atoms with Gasteiger partial charge in [0, 0.05) is 5.92 Å². The Morgan fingerprint density at radius 3 is 2.19 bits per heavy atom. The highest BCUT2D eigenvalue weighted by molar-refractivity contribution is 6.83. The van der Waals surface area contributed by atoms with Gasteiger partial charge in [0.1, 0.15) is 8.07 Å². The van der Waals surface area contributed by atoms with E-state index in [2.05, 4.69) is 31.1 Å². The van der Waals surface area contributed by atoms with Crippen molar-refractivity contribution in [1.82, 2.24) is 0 Å². The van der Waals surface area contributed by atoms with Crippen molar-refractivity contribution in [2.24, 2.45) is 5.92 Å². The molecule has 1 N–H and O–H groups in total. The molecule has 86 valence electrons. The van der Waals surface area contributed by atoms with E-state index in [1.165, 1.54) is 0 Å². The second-order valence-corrected chi connectivity index (χ2v) is 9.91. The van der Waals surface area contributed by atoms with Crippen LogP contribution in [0, 0.1) is 17.4 Å². The summed E-state index contributed by atoms with van der Waals surface area (Å²) in [7, 11) is -1.34. The van der Waals surface area contributed by atoms with Gasteiger partial charge in [0.2, 0.25) is 0 Å². The van der Waals surface area contributed by atoms with E-state index < -0.39 is 14.2 Å². The lowest BCUT2D eigenvalue weighted by molar-refractivity contribution is 0.143. The first kappa shape index (κ1) is 13.0. The minimum Gasteiger partial charge on any atom is -0.387 e. The van der Waals surface area contributed by atoms with Crippen molar-refractivity contribution in [3.05, 3.63) is 35.9 Å². The summed E-state index contributed by atoms with van der Waals surface area (Å²) in [5, 5.41) is 10.1. The fourth-order valence-corrected chi connectivity index (χ4v) is 2.01. The second kappa shape index (κ2) is 5.34. The molecule has 1 rings (SSSR count). The van der Waals surface area contributed by atoms with E-state index in [4.69, 9.17) is 0 Å². The van der Waals surface area contributed by atoms with Gasteiger partial charge < -0.3 is 5.11 Å². The van der Waals surface area contributed by atoms with Crippen LogP contribution in [-0.2, 0) is 0 Å². The molecule has 2 heteroatoms. The summed E-state index contributed by atoms with van der Waals surface area (Å²) >= 11 is 0. The highest BCUT2D eigenvalue weighted by Gasteiger charge is 2.15. The maximum Gasteiger partial charge on any atom is 0.129 e. The van der Waals surface area contributed by atoms with Crippen LogP contribution in [0.1, 0.15) is 18.6 Å². The lowest BCUT2D eigenvalue weighted by atomic mass is 9.98. The Kier molecular flexibility index (Phi) is 4.34. The predicted molar refractivity (Wildman–Crippen MR) is 71.7 cm³/mol. The molecule has 1 nitrogen and oxygen atoms in total. The third-order valence-electron chi connectivity index (χ3n) is 2.29. The molecule has 0 aromatic heterocycles. The monoisotopic (exact) mass is 232 g/mol. The minimum atomic E-state index is -1.34. The Bertz CT molecular complexity index is 381. The van der Waals surface area contributed by atoms with Gasteiger partial charge in [0.15, 0.2) is 0 Å². The lowest BCUT2D eigenvalue weighted by Crippen LogP contribution is -2.17. The standard InChI is InChI=1S/C14H20OSi/c1-12(10-11-16(2,3)4)14(15)13-8-6-5-7-9-13/h5-9,12,14-15H,1-4H3. The summed E-state index contributed by atoms with van der Waals surface area (Å²) in [4.78, 5) is 0. The molecule has 0 aliphatic rings. The fourth-order valence-electron chi connectivity index (χ4n) is 1.35. The molecule has 0 saturated heterocycles. The number of aliphatic hydroxyl groups is 1. The molecule has 0 aliphatic carbocycles. The van der Waals surface area contributed by atoms with Gasteiger partial charge in [-0.15, -0.1) is 11.5 Å². The molecule has 0 radical (unpaired) electrons. The van der Waals surface area contributed by atoms with Crippen molar-refractivity contribution >= 4 is 8.07 Å². The summed E-state index contributed by atoms with van der Waals surface area (Å²) < 4.78 is 0. The summed E-state index contributed by atoms with van der Waals surface area (Å²) in [6.45, 7) is 8.61. The quantitative estimate of drug-likeness (QED) is 0.613. The summed E-state index contributed by atoms with van der Waals surface area (Å²) in [5.41, 5.74) is 4.25. The van der Waals surface area contributed by atoms with Crippen LogP contribution in [0.2, 0.25) is 19.6 Å². The maximum atomic E-state index is 10.1. The normalized spacial score (nSPS) is 14.8. The van der Waals surface area contributed by atoms with Crippen LogP contribution in [0.5, 0.6) is 0 Å². The van der Waals surface area contributed by atoms with Gasteiger partial charge >= 0.3 is 0 Å². The average molecular weight is 232 g/mol. The van der Waals surface area contributed by atoms with Crippen molar-refractivity contribution in [2.75, 3.05) is 0 Å². The van der Waals surface area contributed by atoms with Gasteiger partial charge in [-0.3, -0.25) is 0 Å². The van der Waals surface area contributed by atoms with E-state index >= 15 is 0 Å². The van der Waals surface area contributed by atoms with E-state index in [9.17, 15) is 5.11 Å². The van der Waals surface area contributed by atoms with Crippen molar-refractivity contribution in [3.63, 3.8) is 0 Å². The number of rotatable bonds is 2. The number of hydrogen-bond acceptors (Lipinski definition) is 1. The van der Waals surface area contributed by atoms with Crippen LogP contribution in [0.4, 0.5) is 0 Å². The average Bonchev–Trinajstić information content (AvgIpc) is 2.25.